The largest absolute Gasteiger partial charge is 0.497 e. The Bertz CT molecular complexity index is 1150. The second-order valence-corrected chi connectivity index (χ2v) is 7.28. The predicted octanol–water partition coefficient (Wildman–Crippen LogP) is 3.46. The maximum Gasteiger partial charge on any atom is 0.335 e. The van der Waals surface area contributed by atoms with Crippen LogP contribution in [0.2, 0.25) is 0 Å². The van der Waals surface area contributed by atoms with E-state index in [1.165, 1.54) is 11.1 Å². The summed E-state index contributed by atoms with van der Waals surface area (Å²) in [6.07, 6.45) is 1.67. The van der Waals surface area contributed by atoms with Gasteiger partial charge in [0.05, 0.1) is 31.0 Å². The number of fused-ring (bicyclic) bond motifs is 1. The van der Waals surface area contributed by atoms with Crippen molar-refractivity contribution in [3.63, 3.8) is 0 Å². The van der Waals surface area contributed by atoms with Crippen molar-refractivity contribution in [2.24, 2.45) is 10.1 Å². The monoisotopic (exact) mass is 435 g/mol. The van der Waals surface area contributed by atoms with Gasteiger partial charge in [0.15, 0.2) is 17.0 Å². The SMILES string of the molecule is COc1ccc(CN(C2=CC(Cl)=NN3C2=NCC3C#N)c2cccc(C(=O)O)c2)cc1. The zero-order chi connectivity index (χ0) is 22.0. The molecule has 2 aliphatic rings. The lowest BCUT2D eigenvalue weighted by molar-refractivity contribution is 0.0697. The minimum Gasteiger partial charge on any atom is -0.497 e. The van der Waals surface area contributed by atoms with Crippen LogP contribution < -0.4 is 9.64 Å². The molecule has 0 aliphatic carbocycles. The van der Waals surface area contributed by atoms with Crippen molar-refractivity contribution in [3.8, 4) is 11.8 Å². The third kappa shape index (κ3) is 4.09. The lowest BCUT2D eigenvalue weighted by atomic mass is 10.1. The Morgan fingerprint density at radius 2 is 2.13 bits per heavy atom. The Balaban J connectivity index is 1.78. The summed E-state index contributed by atoms with van der Waals surface area (Å²) in [5.74, 6) is 0.233. The smallest absolute Gasteiger partial charge is 0.335 e. The predicted molar refractivity (Wildman–Crippen MR) is 117 cm³/mol. The molecule has 0 saturated carbocycles. The minimum atomic E-state index is -1.02. The third-order valence-electron chi connectivity index (χ3n) is 4.96. The molecule has 0 amide bonds. The van der Waals surface area contributed by atoms with Crippen LogP contribution in [0, 0.1) is 11.3 Å². The molecule has 0 fully saturated rings. The summed E-state index contributed by atoms with van der Waals surface area (Å²) in [5.41, 5.74) is 2.41. The maximum absolute atomic E-state index is 11.5. The molecule has 0 bridgehead atoms. The zero-order valence-electron chi connectivity index (χ0n) is 16.6. The molecular formula is C22H18ClN5O3. The highest BCUT2D eigenvalue weighted by Crippen LogP contribution is 2.30. The summed E-state index contributed by atoms with van der Waals surface area (Å²) in [6, 6.07) is 15.8. The molecule has 0 spiro atoms. The molecule has 4 rings (SSSR count). The van der Waals surface area contributed by atoms with E-state index < -0.39 is 12.0 Å². The number of methoxy groups -OCH3 is 1. The van der Waals surface area contributed by atoms with Gasteiger partial charge < -0.3 is 14.7 Å². The number of hydrogen-bond donors (Lipinski definition) is 1. The van der Waals surface area contributed by atoms with E-state index >= 15 is 0 Å². The van der Waals surface area contributed by atoms with E-state index in [0.717, 1.165) is 11.3 Å². The van der Waals surface area contributed by atoms with Crippen LogP contribution in [-0.4, -0.2) is 46.8 Å². The van der Waals surface area contributed by atoms with Gasteiger partial charge in [-0.2, -0.15) is 10.4 Å². The molecule has 1 unspecified atom stereocenters. The summed E-state index contributed by atoms with van der Waals surface area (Å²) < 4.78 is 5.23. The number of aromatic carboxylic acids is 1. The molecule has 31 heavy (non-hydrogen) atoms. The first-order chi connectivity index (χ1) is 15.0. The molecule has 1 atom stereocenters. The Morgan fingerprint density at radius 1 is 1.35 bits per heavy atom. The number of benzene rings is 2. The molecule has 2 aromatic carbocycles. The van der Waals surface area contributed by atoms with Crippen molar-refractivity contribution >= 4 is 34.3 Å². The van der Waals surface area contributed by atoms with Crippen molar-refractivity contribution < 1.29 is 14.6 Å². The van der Waals surface area contributed by atoms with E-state index in [-0.39, 0.29) is 17.3 Å². The number of allylic oxidation sites excluding steroid dienone is 1. The Labute approximate surface area is 183 Å². The molecule has 2 aromatic rings. The first kappa shape index (κ1) is 20.4. The van der Waals surface area contributed by atoms with Gasteiger partial charge in [-0.25, -0.2) is 9.80 Å². The number of nitriles is 1. The topological polar surface area (TPSA) is 102 Å². The Morgan fingerprint density at radius 3 is 2.81 bits per heavy atom. The molecule has 0 radical (unpaired) electrons. The molecule has 2 heterocycles. The number of carbonyl (C=O) groups is 1. The second kappa shape index (κ2) is 8.50. The molecule has 1 N–H and O–H groups in total. The molecule has 9 heteroatoms. The van der Waals surface area contributed by atoms with Crippen molar-refractivity contribution in [1.82, 2.24) is 5.01 Å². The average molecular weight is 436 g/mol. The number of ether oxygens (including phenoxy) is 1. The van der Waals surface area contributed by atoms with Crippen molar-refractivity contribution in [1.29, 1.82) is 5.26 Å². The number of anilines is 1. The fourth-order valence-corrected chi connectivity index (χ4v) is 3.61. The number of hydrazone groups is 1. The highest BCUT2D eigenvalue weighted by molar-refractivity contribution is 6.69. The number of nitrogens with zero attached hydrogens (tertiary/aromatic N) is 5. The molecule has 0 saturated heterocycles. The van der Waals surface area contributed by atoms with E-state index in [2.05, 4.69) is 16.2 Å². The minimum absolute atomic E-state index is 0.161. The first-order valence-corrected chi connectivity index (χ1v) is 9.81. The number of aliphatic imine (C=N–C) groups is 1. The van der Waals surface area contributed by atoms with E-state index in [9.17, 15) is 15.2 Å². The van der Waals surface area contributed by atoms with Crippen LogP contribution in [0.5, 0.6) is 5.75 Å². The number of halogens is 1. The lowest BCUT2D eigenvalue weighted by Crippen LogP contribution is -2.40. The standard InChI is InChI=1S/C22H18ClN5O3/c1-31-18-7-5-14(6-8-18)13-27(16-4-2-3-15(9-16)22(29)30)19-10-20(23)26-28-17(11-24)12-25-21(19)28/h2-10,17H,12-13H2,1H3,(H,29,30). The summed E-state index contributed by atoms with van der Waals surface area (Å²) >= 11 is 6.29. The lowest BCUT2D eigenvalue weighted by Gasteiger charge is -2.32. The maximum atomic E-state index is 11.5. The van der Waals surface area contributed by atoms with Gasteiger partial charge in [0.2, 0.25) is 0 Å². The Hall–Kier alpha value is -3.83. The summed E-state index contributed by atoms with van der Waals surface area (Å²) in [6.45, 7) is 0.690. The summed E-state index contributed by atoms with van der Waals surface area (Å²) in [5, 5.41) is 24.9. The van der Waals surface area contributed by atoms with Crippen molar-refractivity contribution in [2.75, 3.05) is 18.6 Å². The zero-order valence-corrected chi connectivity index (χ0v) is 17.3. The van der Waals surface area contributed by atoms with Crippen LogP contribution in [0.3, 0.4) is 0 Å². The quantitative estimate of drug-likeness (QED) is 0.745. The molecule has 0 aromatic heterocycles. The molecule has 156 valence electrons. The highest BCUT2D eigenvalue weighted by Gasteiger charge is 2.35. The summed E-state index contributed by atoms with van der Waals surface area (Å²) in [4.78, 5) is 18.0. The van der Waals surface area contributed by atoms with Gasteiger partial charge in [0.1, 0.15) is 5.75 Å². The second-order valence-electron chi connectivity index (χ2n) is 6.90. The fraction of sp³-hybridized carbons (Fsp3) is 0.182. The van der Waals surface area contributed by atoms with Gasteiger partial charge in [-0.1, -0.05) is 29.8 Å². The highest BCUT2D eigenvalue weighted by atomic mass is 35.5. The van der Waals surface area contributed by atoms with Gasteiger partial charge in [-0.15, -0.1) is 0 Å². The van der Waals surface area contributed by atoms with Gasteiger partial charge >= 0.3 is 5.97 Å². The van der Waals surface area contributed by atoms with Crippen LogP contribution in [0.1, 0.15) is 15.9 Å². The van der Waals surface area contributed by atoms with Gasteiger partial charge in [-0.3, -0.25) is 4.99 Å². The number of carboxylic acids is 1. The van der Waals surface area contributed by atoms with E-state index in [0.29, 0.717) is 23.8 Å². The van der Waals surface area contributed by atoms with E-state index in [1.807, 2.05) is 35.2 Å². The van der Waals surface area contributed by atoms with Crippen molar-refractivity contribution in [3.05, 3.63) is 71.4 Å². The van der Waals surface area contributed by atoms with E-state index in [1.54, 1.807) is 25.3 Å². The number of carboxylic acid groups (broad SMARTS) is 1. The van der Waals surface area contributed by atoms with Gasteiger partial charge in [0.25, 0.3) is 0 Å². The molecular weight excluding hydrogens is 418 g/mol. The van der Waals surface area contributed by atoms with Crippen LogP contribution in [0.4, 0.5) is 5.69 Å². The number of hydrogen-bond acceptors (Lipinski definition) is 7. The normalized spacial score (nSPS) is 17.1. The fourth-order valence-electron chi connectivity index (χ4n) is 3.42. The number of amidine groups is 1. The summed E-state index contributed by atoms with van der Waals surface area (Å²) in [7, 11) is 1.60. The molecule has 8 nitrogen and oxygen atoms in total. The van der Waals surface area contributed by atoms with Crippen LogP contribution in [0.25, 0.3) is 0 Å². The van der Waals surface area contributed by atoms with Gasteiger partial charge in [-0.05, 0) is 35.9 Å². The average Bonchev–Trinajstić information content (AvgIpc) is 3.20. The number of rotatable bonds is 6. The third-order valence-corrected chi connectivity index (χ3v) is 5.14. The van der Waals surface area contributed by atoms with E-state index in [4.69, 9.17) is 16.3 Å². The van der Waals surface area contributed by atoms with Crippen LogP contribution in [-0.2, 0) is 6.54 Å². The first-order valence-electron chi connectivity index (χ1n) is 9.43. The Kier molecular flexibility index (Phi) is 5.60. The van der Waals surface area contributed by atoms with Crippen molar-refractivity contribution in [2.45, 2.75) is 12.6 Å². The molecule has 2 aliphatic heterocycles. The van der Waals surface area contributed by atoms with Gasteiger partial charge in [0, 0.05) is 18.3 Å². The van der Waals surface area contributed by atoms with Crippen LogP contribution in [0.15, 0.2) is 70.4 Å². The van der Waals surface area contributed by atoms with Crippen LogP contribution >= 0.6 is 11.6 Å².